The van der Waals surface area contributed by atoms with Gasteiger partial charge in [0, 0.05) is 11.6 Å². The minimum Gasteiger partial charge on any atom is -0.490 e. The molecule has 0 spiro atoms. The number of benzene rings is 1. The standard InChI is InChI=1S/C15H21FO2/c1-10-4-3-5-13(8-10)18-15-9-12(16)6-7-14(15)11(2)17/h6-7,9-11,13,17H,3-5,8H2,1-2H3/t10?,11-,13?/m1/s1. The van der Waals surface area contributed by atoms with Crippen LogP contribution in [0.1, 0.15) is 51.2 Å². The third-order valence-corrected chi connectivity index (χ3v) is 3.61. The maximum Gasteiger partial charge on any atom is 0.128 e. The molecule has 0 amide bonds. The third-order valence-electron chi connectivity index (χ3n) is 3.61. The van der Waals surface area contributed by atoms with E-state index in [1.807, 2.05) is 0 Å². The Morgan fingerprint density at radius 3 is 2.83 bits per heavy atom. The molecule has 1 fully saturated rings. The van der Waals surface area contributed by atoms with Gasteiger partial charge in [0.05, 0.1) is 12.2 Å². The Labute approximate surface area is 108 Å². The molecule has 18 heavy (non-hydrogen) atoms. The summed E-state index contributed by atoms with van der Waals surface area (Å²) in [7, 11) is 0. The van der Waals surface area contributed by atoms with Crippen molar-refractivity contribution in [2.24, 2.45) is 5.92 Å². The van der Waals surface area contributed by atoms with Gasteiger partial charge in [-0.2, -0.15) is 0 Å². The van der Waals surface area contributed by atoms with Crippen LogP contribution in [0.3, 0.4) is 0 Å². The summed E-state index contributed by atoms with van der Waals surface area (Å²) in [6.45, 7) is 3.89. The average molecular weight is 252 g/mol. The Hall–Kier alpha value is -1.09. The van der Waals surface area contributed by atoms with Crippen molar-refractivity contribution in [1.82, 2.24) is 0 Å². The van der Waals surface area contributed by atoms with E-state index in [0.717, 1.165) is 19.3 Å². The molecule has 2 nitrogen and oxygen atoms in total. The Kier molecular flexibility index (Phi) is 4.23. The van der Waals surface area contributed by atoms with Crippen molar-refractivity contribution in [3.05, 3.63) is 29.6 Å². The molecule has 3 heteroatoms. The molecule has 0 aromatic heterocycles. The highest BCUT2D eigenvalue weighted by atomic mass is 19.1. The Morgan fingerprint density at radius 2 is 2.17 bits per heavy atom. The van der Waals surface area contributed by atoms with E-state index in [-0.39, 0.29) is 11.9 Å². The number of aliphatic hydroxyl groups excluding tert-OH is 1. The Bertz CT molecular complexity index is 403. The maximum atomic E-state index is 13.3. The van der Waals surface area contributed by atoms with Gasteiger partial charge in [0.25, 0.3) is 0 Å². The first-order valence-electron chi connectivity index (χ1n) is 6.70. The molecular weight excluding hydrogens is 231 g/mol. The summed E-state index contributed by atoms with van der Waals surface area (Å²) in [5.41, 5.74) is 0.662. The van der Waals surface area contributed by atoms with Crippen LogP contribution in [0.5, 0.6) is 5.75 Å². The first-order chi connectivity index (χ1) is 8.56. The van der Waals surface area contributed by atoms with Crippen LogP contribution in [0.4, 0.5) is 4.39 Å². The van der Waals surface area contributed by atoms with Gasteiger partial charge in [-0.05, 0) is 44.2 Å². The first-order valence-corrected chi connectivity index (χ1v) is 6.70. The van der Waals surface area contributed by atoms with Crippen LogP contribution in [0.15, 0.2) is 18.2 Å². The molecule has 0 aliphatic heterocycles. The van der Waals surface area contributed by atoms with Gasteiger partial charge >= 0.3 is 0 Å². The molecule has 0 heterocycles. The second-order valence-corrected chi connectivity index (χ2v) is 5.37. The summed E-state index contributed by atoms with van der Waals surface area (Å²) in [6, 6.07) is 4.33. The van der Waals surface area contributed by atoms with Crippen molar-refractivity contribution < 1.29 is 14.2 Å². The van der Waals surface area contributed by atoms with E-state index in [1.165, 1.54) is 18.6 Å². The number of ether oxygens (including phenoxy) is 1. The van der Waals surface area contributed by atoms with Crippen molar-refractivity contribution in [2.45, 2.75) is 51.7 Å². The zero-order chi connectivity index (χ0) is 13.1. The minimum absolute atomic E-state index is 0.146. The predicted octanol–water partition coefficient (Wildman–Crippen LogP) is 3.84. The van der Waals surface area contributed by atoms with Crippen molar-refractivity contribution in [2.75, 3.05) is 0 Å². The molecule has 2 unspecified atom stereocenters. The number of hydrogen-bond acceptors (Lipinski definition) is 2. The molecule has 2 rings (SSSR count). The van der Waals surface area contributed by atoms with Gasteiger partial charge in [-0.3, -0.25) is 0 Å². The fraction of sp³-hybridized carbons (Fsp3) is 0.600. The highest BCUT2D eigenvalue weighted by Gasteiger charge is 2.22. The van der Waals surface area contributed by atoms with Crippen molar-refractivity contribution >= 4 is 0 Å². The van der Waals surface area contributed by atoms with E-state index < -0.39 is 6.10 Å². The van der Waals surface area contributed by atoms with Crippen LogP contribution in [0.2, 0.25) is 0 Å². The summed E-state index contributed by atoms with van der Waals surface area (Å²) < 4.78 is 19.2. The monoisotopic (exact) mass is 252 g/mol. The normalized spacial score (nSPS) is 25.8. The van der Waals surface area contributed by atoms with E-state index in [1.54, 1.807) is 13.0 Å². The SMILES string of the molecule is CC1CCCC(Oc2cc(F)ccc2[C@@H](C)O)C1. The molecule has 1 aromatic carbocycles. The highest BCUT2D eigenvalue weighted by Crippen LogP contribution is 2.31. The van der Waals surface area contributed by atoms with Gasteiger partial charge in [-0.1, -0.05) is 13.3 Å². The molecule has 1 N–H and O–H groups in total. The number of halogens is 1. The summed E-state index contributed by atoms with van der Waals surface area (Å²) in [5, 5.41) is 9.67. The van der Waals surface area contributed by atoms with Crippen LogP contribution in [0, 0.1) is 11.7 Å². The molecule has 1 aliphatic rings. The first kappa shape index (κ1) is 13.3. The van der Waals surface area contributed by atoms with Crippen LogP contribution in [-0.4, -0.2) is 11.2 Å². The van der Waals surface area contributed by atoms with Crippen molar-refractivity contribution in [3.8, 4) is 5.75 Å². The number of aliphatic hydroxyl groups is 1. The van der Waals surface area contributed by atoms with E-state index in [9.17, 15) is 9.50 Å². The van der Waals surface area contributed by atoms with Gasteiger partial charge in [-0.25, -0.2) is 4.39 Å². The van der Waals surface area contributed by atoms with Crippen LogP contribution in [-0.2, 0) is 0 Å². The molecule has 1 aliphatic carbocycles. The number of hydrogen-bond donors (Lipinski definition) is 1. The van der Waals surface area contributed by atoms with Gasteiger partial charge in [0.2, 0.25) is 0 Å². The lowest BCUT2D eigenvalue weighted by atomic mass is 9.88. The largest absolute Gasteiger partial charge is 0.490 e. The molecule has 1 aromatic rings. The molecule has 0 radical (unpaired) electrons. The third kappa shape index (κ3) is 3.22. The summed E-state index contributed by atoms with van der Waals surface area (Å²) in [6.07, 6.45) is 3.93. The number of rotatable bonds is 3. The van der Waals surface area contributed by atoms with Crippen molar-refractivity contribution in [3.63, 3.8) is 0 Å². The summed E-state index contributed by atoms with van der Waals surface area (Å²) in [4.78, 5) is 0. The quantitative estimate of drug-likeness (QED) is 0.885. The second kappa shape index (κ2) is 5.70. The summed E-state index contributed by atoms with van der Waals surface area (Å²) >= 11 is 0. The lowest BCUT2D eigenvalue weighted by Crippen LogP contribution is -2.24. The van der Waals surface area contributed by atoms with Crippen LogP contribution >= 0.6 is 0 Å². The smallest absolute Gasteiger partial charge is 0.128 e. The predicted molar refractivity (Wildman–Crippen MR) is 69.1 cm³/mol. The zero-order valence-electron chi connectivity index (χ0n) is 11.0. The van der Waals surface area contributed by atoms with Crippen LogP contribution < -0.4 is 4.74 Å². The lowest BCUT2D eigenvalue weighted by Gasteiger charge is -2.28. The lowest BCUT2D eigenvalue weighted by molar-refractivity contribution is 0.121. The van der Waals surface area contributed by atoms with E-state index in [2.05, 4.69) is 6.92 Å². The fourth-order valence-corrected chi connectivity index (χ4v) is 2.62. The van der Waals surface area contributed by atoms with Gasteiger partial charge in [0.1, 0.15) is 11.6 Å². The molecular formula is C15H21FO2. The van der Waals surface area contributed by atoms with E-state index in [4.69, 9.17) is 4.74 Å². The Balaban J connectivity index is 2.14. The van der Waals surface area contributed by atoms with E-state index >= 15 is 0 Å². The zero-order valence-corrected chi connectivity index (χ0v) is 11.0. The molecule has 0 saturated heterocycles. The Morgan fingerprint density at radius 1 is 1.39 bits per heavy atom. The maximum absolute atomic E-state index is 13.3. The van der Waals surface area contributed by atoms with E-state index in [0.29, 0.717) is 17.2 Å². The topological polar surface area (TPSA) is 29.5 Å². The molecule has 1 saturated carbocycles. The highest BCUT2D eigenvalue weighted by molar-refractivity contribution is 5.35. The van der Waals surface area contributed by atoms with Crippen molar-refractivity contribution in [1.29, 1.82) is 0 Å². The van der Waals surface area contributed by atoms with Crippen LogP contribution in [0.25, 0.3) is 0 Å². The van der Waals surface area contributed by atoms with Gasteiger partial charge < -0.3 is 9.84 Å². The second-order valence-electron chi connectivity index (χ2n) is 5.37. The van der Waals surface area contributed by atoms with Gasteiger partial charge in [0.15, 0.2) is 0 Å². The minimum atomic E-state index is -0.637. The molecule has 3 atom stereocenters. The van der Waals surface area contributed by atoms with Gasteiger partial charge in [-0.15, -0.1) is 0 Å². The summed E-state index contributed by atoms with van der Waals surface area (Å²) in [5.74, 6) is 0.828. The fourth-order valence-electron chi connectivity index (χ4n) is 2.62. The molecule has 0 bridgehead atoms. The average Bonchev–Trinajstić information content (AvgIpc) is 2.28. The molecule has 100 valence electrons.